The molecule has 0 unspecified atom stereocenters. The fraction of sp³-hybridized carbons (Fsp3) is 0.0667. The van der Waals surface area contributed by atoms with Crippen LogP contribution < -0.4 is 5.32 Å². The first-order chi connectivity index (χ1) is 9.60. The minimum Gasteiger partial charge on any atom is -0.465 e. The molecule has 0 aliphatic rings. The van der Waals surface area contributed by atoms with E-state index in [2.05, 4.69) is 10.1 Å². The first kappa shape index (κ1) is 13.7. The molecule has 0 heterocycles. The number of amides is 1. The van der Waals surface area contributed by atoms with E-state index in [0.717, 1.165) is 0 Å². The van der Waals surface area contributed by atoms with E-state index in [1.807, 2.05) is 0 Å². The fourth-order valence-electron chi connectivity index (χ4n) is 1.65. The first-order valence-electron chi connectivity index (χ1n) is 5.85. The molecule has 2 aromatic rings. The maximum atomic E-state index is 13.0. The second-order valence-corrected chi connectivity index (χ2v) is 4.03. The van der Waals surface area contributed by atoms with Gasteiger partial charge >= 0.3 is 5.97 Å². The van der Waals surface area contributed by atoms with Gasteiger partial charge < -0.3 is 10.1 Å². The van der Waals surface area contributed by atoms with Gasteiger partial charge in [-0.2, -0.15) is 0 Å². The third kappa shape index (κ3) is 3.20. The van der Waals surface area contributed by atoms with E-state index in [1.165, 1.54) is 49.6 Å². The summed E-state index contributed by atoms with van der Waals surface area (Å²) in [6, 6.07) is 11.6. The summed E-state index contributed by atoms with van der Waals surface area (Å²) >= 11 is 0. The highest BCUT2D eigenvalue weighted by Crippen LogP contribution is 2.12. The van der Waals surface area contributed by atoms with Crippen LogP contribution in [0.3, 0.4) is 0 Å². The molecule has 0 bridgehead atoms. The Morgan fingerprint density at radius 3 is 2.30 bits per heavy atom. The van der Waals surface area contributed by atoms with Crippen LogP contribution in [0.2, 0.25) is 0 Å². The van der Waals surface area contributed by atoms with Gasteiger partial charge in [-0.3, -0.25) is 4.79 Å². The minimum absolute atomic E-state index is 0.356. The number of carbonyl (C=O) groups excluding carboxylic acids is 2. The number of esters is 1. The Kier molecular flexibility index (Phi) is 4.10. The summed E-state index contributed by atoms with van der Waals surface area (Å²) in [6.45, 7) is 0. The molecular weight excluding hydrogens is 261 g/mol. The smallest absolute Gasteiger partial charge is 0.337 e. The zero-order chi connectivity index (χ0) is 14.5. The summed E-state index contributed by atoms with van der Waals surface area (Å²) in [6.07, 6.45) is 0. The van der Waals surface area contributed by atoms with Crippen molar-refractivity contribution in [3.63, 3.8) is 0 Å². The highest BCUT2D eigenvalue weighted by atomic mass is 19.1. The molecule has 0 aromatic heterocycles. The van der Waals surface area contributed by atoms with Gasteiger partial charge in [0.15, 0.2) is 0 Å². The number of hydrogen-bond donors (Lipinski definition) is 1. The van der Waals surface area contributed by atoms with Crippen LogP contribution in [0.15, 0.2) is 48.5 Å². The predicted octanol–water partition coefficient (Wildman–Crippen LogP) is 2.86. The van der Waals surface area contributed by atoms with Crippen molar-refractivity contribution in [3.8, 4) is 0 Å². The van der Waals surface area contributed by atoms with Crippen molar-refractivity contribution in [1.82, 2.24) is 0 Å². The van der Waals surface area contributed by atoms with Crippen molar-refractivity contribution in [2.75, 3.05) is 12.4 Å². The molecule has 0 radical (unpaired) electrons. The molecule has 0 saturated carbocycles. The Bertz CT molecular complexity index is 638. The summed E-state index contributed by atoms with van der Waals surface area (Å²) in [4.78, 5) is 23.2. The number of ether oxygens (including phenoxy) is 1. The van der Waals surface area contributed by atoms with E-state index in [4.69, 9.17) is 0 Å². The molecule has 1 amide bonds. The van der Waals surface area contributed by atoms with Gasteiger partial charge in [-0.1, -0.05) is 6.07 Å². The summed E-state index contributed by atoms with van der Waals surface area (Å²) < 4.78 is 17.6. The highest BCUT2D eigenvalue weighted by molar-refractivity contribution is 6.04. The molecule has 1 N–H and O–H groups in total. The third-order valence-electron chi connectivity index (χ3n) is 2.65. The molecular formula is C15H12FNO3. The first-order valence-corrected chi connectivity index (χ1v) is 5.85. The van der Waals surface area contributed by atoms with Gasteiger partial charge in [-0.05, 0) is 42.5 Å². The van der Waals surface area contributed by atoms with E-state index >= 15 is 0 Å². The lowest BCUT2D eigenvalue weighted by Crippen LogP contribution is -2.12. The van der Waals surface area contributed by atoms with E-state index in [9.17, 15) is 14.0 Å². The second-order valence-electron chi connectivity index (χ2n) is 4.03. The third-order valence-corrected chi connectivity index (χ3v) is 2.65. The predicted molar refractivity (Wildman–Crippen MR) is 72.1 cm³/mol. The Balaban J connectivity index is 2.11. The van der Waals surface area contributed by atoms with Crippen LogP contribution in [0.4, 0.5) is 10.1 Å². The van der Waals surface area contributed by atoms with E-state index < -0.39 is 11.8 Å². The molecule has 5 heteroatoms. The summed E-state index contributed by atoms with van der Waals surface area (Å²) in [5.41, 5.74) is 1.09. The molecule has 0 fully saturated rings. The number of methoxy groups -OCH3 is 1. The lowest BCUT2D eigenvalue weighted by atomic mass is 10.1. The van der Waals surface area contributed by atoms with Crippen molar-refractivity contribution in [1.29, 1.82) is 0 Å². The van der Waals surface area contributed by atoms with Crippen LogP contribution in [0, 0.1) is 5.82 Å². The van der Waals surface area contributed by atoms with Crippen molar-refractivity contribution in [2.24, 2.45) is 0 Å². The average Bonchev–Trinajstić information content (AvgIpc) is 2.46. The van der Waals surface area contributed by atoms with Gasteiger partial charge in [0.05, 0.1) is 12.7 Å². The molecule has 0 aliphatic carbocycles. The summed E-state index contributed by atoms with van der Waals surface area (Å²) in [7, 11) is 1.28. The Hall–Kier alpha value is -2.69. The number of hydrogen-bond acceptors (Lipinski definition) is 3. The van der Waals surface area contributed by atoms with E-state index in [1.54, 1.807) is 6.07 Å². The number of benzene rings is 2. The van der Waals surface area contributed by atoms with Crippen LogP contribution in [0.5, 0.6) is 0 Å². The monoisotopic (exact) mass is 273 g/mol. The number of carbonyl (C=O) groups is 2. The highest BCUT2D eigenvalue weighted by Gasteiger charge is 2.09. The second kappa shape index (κ2) is 5.97. The van der Waals surface area contributed by atoms with Crippen molar-refractivity contribution in [2.45, 2.75) is 0 Å². The van der Waals surface area contributed by atoms with Gasteiger partial charge in [0.1, 0.15) is 5.82 Å². The lowest BCUT2D eigenvalue weighted by Gasteiger charge is -2.06. The molecule has 2 aromatic carbocycles. The van der Waals surface area contributed by atoms with Crippen molar-refractivity contribution >= 4 is 17.6 Å². The number of anilines is 1. The molecule has 20 heavy (non-hydrogen) atoms. The Labute approximate surface area is 115 Å². The van der Waals surface area contributed by atoms with Crippen molar-refractivity contribution in [3.05, 3.63) is 65.5 Å². The molecule has 0 spiro atoms. The molecule has 4 nitrogen and oxygen atoms in total. The maximum absolute atomic E-state index is 13.0. The van der Waals surface area contributed by atoms with E-state index in [0.29, 0.717) is 16.8 Å². The van der Waals surface area contributed by atoms with Crippen LogP contribution in [0.1, 0.15) is 20.7 Å². The normalized spacial score (nSPS) is 9.90. The molecule has 2 rings (SSSR count). The van der Waals surface area contributed by atoms with Crippen LogP contribution in [-0.2, 0) is 4.74 Å². The topological polar surface area (TPSA) is 55.4 Å². The number of halogens is 1. The Morgan fingerprint density at radius 2 is 1.70 bits per heavy atom. The SMILES string of the molecule is COC(=O)c1ccc(C(=O)Nc2cccc(F)c2)cc1. The molecule has 0 atom stereocenters. The molecule has 102 valence electrons. The number of nitrogens with one attached hydrogen (secondary N) is 1. The van der Waals surface area contributed by atoms with Crippen molar-refractivity contribution < 1.29 is 18.7 Å². The molecule has 0 saturated heterocycles. The lowest BCUT2D eigenvalue weighted by molar-refractivity contribution is 0.0600. The standard InChI is InChI=1S/C15H12FNO3/c1-20-15(19)11-7-5-10(6-8-11)14(18)17-13-4-2-3-12(16)9-13/h2-9H,1H3,(H,17,18). The zero-order valence-corrected chi connectivity index (χ0v) is 10.7. The fourth-order valence-corrected chi connectivity index (χ4v) is 1.65. The van der Waals surface area contributed by atoms with Gasteiger partial charge in [-0.25, -0.2) is 9.18 Å². The van der Waals surface area contributed by atoms with Crippen LogP contribution in [0.25, 0.3) is 0 Å². The summed E-state index contributed by atoms with van der Waals surface area (Å²) in [5.74, 6) is -1.28. The minimum atomic E-state index is -0.470. The van der Waals surface area contributed by atoms with Gasteiger partial charge in [-0.15, -0.1) is 0 Å². The largest absolute Gasteiger partial charge is 0.465 e. The zero-order valence-electron chi connectivity index (χ0n) is 10.7. The quantitative estimate of drug-likeness (QED) is 0.875. The van der Waals surface area contributed by atoms with Crippen LogP contribution >= 0.6 is 0 Å². The van der Waals surface area contributed by atoms with E-state index in [-0.39, 0.29) is 5.91 Å². The van der Waals surface area contributed by atoms with Gasteiger partial charge in [0.25, 0.3) is 5.91 Å². The van der Waals surface area contributed by atoms with Gasteiger partial charge in [0.2, 0.25) is 0 Å². The maximum Gasteiger partial charge on any atom is 0.337 e. The average molecular weight is 273 g/mol. The molecule has 0 aliphatic heterocycles. The van der Waals surface area contributed by atoms with Gasteiger partial charge in [0, 0.05) is 11.3 Å². The number of rotatable bonds is 3. The van der Waals surface area contributed by atoms with Crippen LogP contribution in [-0.4, -0.2) is 19.0 Å². The Morgan fingerprint density at radius 1 is 1.05 bits per heavy atom. The summed E-state index contributed by atoms with van der Waals surface area (Å²) in [5, 5.41) is 2.57.